The molecule has 22 heavy (non-hydrogen) atoms. The lowest BCUT2D eigenvalue weighted by molar-refractivity contribution is 0.0686. The number of rotatable bonds is 2. The van der Waals surface area contributed by atoms with E-state index in [0.717, 1.165) is 46.7 Å². The SMILES string of the molecule is Cc1nn(C)c2sc(C(=O)N3CCC(C(C)N)CC3)cc12.Cl. The van der Waals surface area contributed by atoms with Crippen molar-refractivity contribution < 1.29 is 4.79 Å². The number of carbonyl (C=O) groups excluding carboxylic acids is 1. The van der Waals surface area contributed by atoms with E-state index in [2.05, 4.69) is 12.0 Å². The topological polar surface area (TPSA) is 64.2 Å². The molecule has 1 fully saturated rings. The van der Waals surface area contributed by atoms with Gasteiger partial charge in [0.05, 0.1) is 10.6 Å². The van der Waals surface area contributed by atoms with E-state index < -0.39 is 0 Å². The predicted octanol–water partition coefficient (Wildman–Crippen LogP) is 2.56. The molecule has 0 aliphatic carbocycles. The Kier molecular flexibility index (Phi) is 5.14. The van der Waals surface area contributed by atoms with Crippen molar-refractivity contribution in [1.82, 2.24) is 14.7 Å². The molecule has 0 spiro atoms. The Bertz CT molecular complexity index is 636. The van der Waals surface area contributed by atoms with E-state index in [9.17, 15) is 4.79 Å². The summed E-state index contributed by atoms with van der Waals surface area (Å²) in [7, 11) is 1.92. The first-order chi connectivity index (χ1) is 9.97. The molecule has 1 aliphatic rings. The highest BCUT2D eigenvalue weighted by Crippen LogP contribution is 2.29. The van der Waals surface area contributed by atoms with Crippen LogP contribution in [-0.2, 0) is 7.05 Å². The van der Waals surface area contributed by atoms with Crippen LogP contribution in [0.1, 0.15) is 35.1 Å². The predicted molar refractivity (Wildman–Crippen MR) is 92.9 cm³/mol. The van der Waals surface area contributed by atoms with Gasteiger partial charge in [-0.05, 0) is 38.7 Å². The van der Waals surface area contributed by atoms with Crippen molar-refractivity contribution in [2.75, 3.05) is 13.1 Å². The zero-order valence-corrected chi connectivity index (χ0v) is 14.8. The summed E-state index contributed by atoms with van der Waals surface area (Å²) < 4.78 is 1.86. The fourth-order valence-electron chi connectivity index (χ4n) is 3.09. The third-order valence-electron chi connectivity index (χ3n) is 4.48. The van der Waals surface area contributed by atoms with Crippen LogP contribution in [0.4, 0.5) is 0 Å². The van der Waals surface area contributed by atoms with Crippen LogP contribution in [0.5, 0.6) is 0 Å². The molecule has 3 rings (SSSR count). The summed E-state index contributed by atoms with van der Waals surface area (Å²) in [6, 6.07) is 2.21. The molecule has 5 nitrogen and oxygen atoms in total. The molecule has 0 aromatic carbocycles. The summed E-state index contributed by atoms with van der Waals surface area (Å²) >= 11 is 1.54. The molecule has 1 aliphatic heterocycles. The smallest absolute Gasteiger partial charge is 0.264 e. The monoisotopic (exact) mass is 342 g/mol. The summed E-state index contributed by atoms with van der Waals surface area (Å²) in [6.07, 6.45) is 2.02. The van der Waals surface area contributed by atoms with Crippen molar-refractivity contribution in [3.8, 4) is 0 Å². The van der Waals surface area contributed by atoms with E-state index in [0.29, 0.717) is 5.92 Å². The van der Waals surface area contributed by atoms with Crippen molar-refractivity contribution >= 4 is 39.9 Å². The van der Waals surface area contributed by atoms with Gasteiger partial charge in [0.1, 0.15) is 4.83 Å². The van der Waals surface area contributed by atoms with Gasteiger partial charge >= 0.3 is 0 Å². The maximum Gasteiger partial charge on any atom is 0.264 e. The molecule has 0 saturated carbocycles. The van der Waals surface area contributed by atoms with Gasteiger partial charge in [0.15, 0.2) is 0 Å². The number of halogens is 1. The molecular weight excluding hydrogens is 320 g/mol. The summed E-state index contributed by atoms with van der Waals surface area (Å²) in [4.78, 5) is 16.5. The lowest BCUT2D eigenvalue weighted by Crippen LogP contribution is -2.42. The Hall–Kier alpha value is -1.11. The van der Waals surface area contributed by atoms with Crippen molar-refractivity contribution in [3.05, 3.63) is 16.6 Å². The molecule has 1 saturated heterocycles. The number of amides is 1. The third kappa shape index (κ3) is 3.00. The van der Waals surface area contributed by atoms with Gasteiger partial charge in [0, 0.05) is 31.6 Å². The first kappa shape index (κ1) is 17.2. The number of aryl methyl sites for hydroxylation is 2. The Balaban J connectivity index is 0.00000176. The Labute approximate surface area is 140 Å². The highest BCUT2D eigenvalue weighted by atomic mass is 35.5. The second-order valence-electron chi connectivity index (χ2n) is 6.03. The number of carbonyl (C=O) groups is 1. The van der Waals surface area contributed by atoms with Crippen molar-refractivity contribution in [1.29, 1.82) is 0 Å². The lowest BCUT2D eigenvalue weighted by atomic mass is 9.91. The average molecular weight is 343 g/mol. The summed E-state index contributed by atoms with van der Waals surface area (Å²) in [5.41, 5.74) is 6.94. The Morgan fingerprint density at radius 3 is 2.64 bits per heavy atom. The number of nitrogens with zero attached hydrogens (tertiary/aromatic N) is 3. The van der Waals surface area contributed by atoms with Crippen LogP contribution < -0.4 is 5.73 Å². The van der Waals surface area contributed by atoms with Gasteiger partial charge in [-0.2, -0.15) is 5.10 Å². The molecule has 2 N–H and O–H groups in total. The van der Waals surface area contributed by atoms with Crippen LogP contribution in [0.3, 0.4) is 0 Å². The van der Waals surface area contributed by atoms with Gasteiger partial charge in [0.25, 0.3) is 5.91 Å². The zero-order valence-electron chi connectivity index (χ0n) is 13.2. The maximum atomic E-state index is 12.6. The molecular formula is C15H23ClN4OS. The summed E-state index contributed by atoms with van der Waals surface area (Å²) in [6.45, 7) is 5.67. The highest BCUT2D eigenvalue weighted by molar-refractivity contribution is 7.20. The van der Waals surface area contributed by atoms with Crippen molar-refractivity contribution in [2.24, 2.45) is 18.7 Å². The third-order valence-corrected chi connectivity index (χ3v) is 5.67. The molecule has 7 heteroatoms. The van der Waals surface area contributed by atoms with Crippen LogP contribution in [-0.4, -0.2) is 39.7 Å². The van der Waals surface area contributed by atoms with Crippen LogP contribution in [0, 0.1) is 12.8 Å². The second kappa shape index (κ2) is 6.56. The van der Waals surface area contributed by atoms with E-state index >= 15 is 0 Å². The van der Waals surface area contributed by atoms with Crippen molar-refractivity contribution in [2.45, 2.75) is 32.7 Å². The minimum atomic E-state index is 0. The van der Waals surface area contributed by atoms with Gasteiger partial charge in [-0.3, -0.25) is 9.48 Å². The second-order valence-corrected chi connectivity index (χ2v) is 7.06. The van der Waals surface area contributed by atoms with Crippen LogP contribution in [0.2, 0.25) is 0 Å². The van der Waals surface area contributed by atoms with E-state index in [1.807, 2.05) is 29.6 Å². The van der Waals surface area contributed by atoms with Gasteiger partial charge in [-0.15, -0.1) is 23.7 Å². The summed E-state index contributed by atoms with van der Waals surface area (Å²) in [5, 5.41) is 5.47. The number of likely N-dealkylation sites (tertiary alicyclic amines) is 1. The normalized spacial score (nSPS) is 17.5. The van der Waals surface area contributed by atoms with Gasteiger partial charge in [-0.1, -0.05) is 0 Å². The lowest BCUT2D eigenvalue weighted by Gasteiger charge is -2.33. The van der Waals surface area contributed by atoms with Crippen LogP contribution in [0.25, 0.3) is 10.2 Å². The molecule has 0 radical (unpaired) electrons. The van der Waals surface area contributed by atoms with Gasteiger partial charge in [0.2, 0.25) is 0 Å². The number of hydrogen-bond donors (Lipinski definition) is 1. The van der Waals surface area contributed by atoms with Gasteiger partial charge < -0.3 is 10.6 Å². The first-order valence-corrected chi connectivity index (χ1v) is 8.27. The van der Waals surface area contributed by atoms with E-state index in [1.54, 1.807) is 0 Å². The minimum Gasteiger partial charge on any atom is -0.338 e. The number of piperidine rings is 1. The minimum absolute atomic E-state index is 0. The largest absolute Gasteiger partial charge is 0.338 e. The standard InChI is InChI=1S/C15H22N4OS.ClH/c1-9(16)11-4-6-19(7-5-11)14(20)13-8-12-10(2)17-18(3)15(12)21-13;/h8-9,11H,4-7,16H2,1-3H3;1H. The molecule has 3 heterocycles. The van der Waals surface area contributed by atoms with E-state index in [1.165, 1.54) is 11.3 Å². The first-order valence-electron chi connectivity index (χ1n) is 7.45. The zero-order chi connectivity index (χ0) is 15.1. The molecule has 1 amide bonds. The van der Waals surface area contributed by atoms with E-state index in [4.69, 9.17) is 5.73 Å². The molecule has 1 unspecified atom stereocenters. The highest BCUT2D eigenvalue weighted by Gasteiger charge is 2.26. The van der Waals surface area contributed by atoms with E-state index in [-0.39, 0.29) is 24.4 Å². The Morgan fingerprint density at radius 1 is 1.45 bits per heavy atom. The van der Waals surface area contributed by atoms with Crippen LogP contribution in [0.15, 0.2) is 6.07 Å². The van der Waals surface area contributed by atoms with Gasteiger partial charge in [-0.25, -0.2) is 0 Å². The molecule has 1 atom stereocenters. The quantitative estimate of drug-likeness (QED) is 0.912. The fraction of sp³-hybridized carbons (Fsp3) is 0.600. The fourth-order valence-corrected chi connectivity index (χ4v) is 4.19. The number of nitrogens with two attached hydrogens (primary N) is 1. The molecule has 122 valence electrons. The molecule has 2 aromatic heterocycles. The van der Waals surface area contributed by atoms with Crippen LogP contribution >= 0.6 is 23.7 Å². The average Bonchev–Trinajstić information content (AvgIpc) is 3.01. The Morgan fingerprint density at radius 2 is 2.09 bits per heavy atom. The summed E-state index contributed by atoms with van der Waals surface area (Å²) in [5.74, 6) is 0.696. The molecule has 2 aromatic rings. The number of fused-ring (bicyclic) bond motifs is 1. The maximum absolute atomic E-state index is 12.6. The van der Waals surface area contributed by atoms with Crippen molar-refractivity contribution in [3.63, 3.8) is 0 Å². The number of thiophene rings is 1. The number of hydrogen-bond acceptors (Lipinski definition) is 4. The molecule has 0 bridgehead atoms. The number of aromatic nitrogens is 2.